The Morgan fingerprint density at radius 3 is 2.10 bits per heavy atom. The lowest BCUT2D eigenvalue weighted by molar-refractivity contribution is -0.150. The summed E-state index contributed by atoms with van der Waals surface area (Å²) in [5, 5.41) is 14.8. The van der Waals surface area contributed by atoms with E-state index >= 15 is 0 Å². The number of carbonyl (C=O) groups excluding carboxylic acids is 4. The van der Waals surface area contributed by atoms with Gasteiger partial charge in [-0.05, 0) is 24.8 Å². The lowest BCUT2D eigenvalue weighted by Crippen LogP contribution is -2.52. The van der Waals surface area contributed by atoms with Crippen molar-refractivity contribution < 1.29 is 33.8 Å². The third-order valence-corrected chi connectivity index (χ3v) is 4.22. The van der Waals surface area contributed by atoms with Gasteiger partial charge in [0.1, 0.15) is 12.1 Å². The second kappa shape index (κ2) is 12.5. The molecule has 1 aromatic carbocycles. The molecule has 0 spiro atoms. The van der Waals surface area contributed by atoms with Crippen molar-refractivity contribution in [3.05, 3.63) is 35.9 Å². The van der Waals surface area contributed by atoms with E-state index in [1.807, 2.05) is 30.3 Å². The van der Waals surface area contributed by atoms with Crippen LogP contribution in [-0.2, 0) is 35.1 Å². The van der Waals surface area contributed by atoms with Crippen molar-refractivity contribution in [3.8, 4) is 0 Å². The minimum Gasteiger partial charge on any atom is -0.467 e. The van der Waals surface area contributed by atoms with Crippen molar-refractivity contribution in [2.75, 3.05) is 14.2 Å². The van der Waals surface area contributed by atoms with E-state index in [-0.39, 0.29) is 31.6 Å². The van der Waals surface area contributed by atoms with Crippen molar-refractivity contribution in [2.45, 2.75) is 50.8 Å². The molecule has 0 fully saturated rings. The molecule has 9 heteroatoms. The van der Waals surface area contributed by atoms with Gasteiger partial charge in [0.15, 0.2) is 6.10 Å². The van der Waals surface area contributed by atoms with E-state index in [2.05, 4.69) is 15.4 Å². The van der Waals surface area contributed by atoms with Crippen molar-refractivity contribution in [3.63, 3.8) is 0 Å². The van der Waals surface area contributed by atoms with Crippen molar-refractivity contribution >= 4 is 23.8 Å². The number of benzene rings is 1. The van der Waals surface area contributed by atoms with Gasteiger partial charge >= 0.3 is 11.9 Å². The van der Waals surface area contributed by atoms with Crippen LogP contribution in [0.4, 0.5) is 0 Å². The molecule has 1 rings (SSSR count). The Kier molecular flexibility index (Phi) is 10.4. The van der Waals surface area contributed by atoms with Gasteiger partial charge in [-0.2, -0.15) is 0 Å². The molecule has 0 heterocycles. The predicted molar refractivity (Wildman–Crippen MR) is 104 cm³/mol. The van der Waals surface area contributed by atoms with E-state index in [9.17, 15) is 24.3 Å². The fraction of sp³-hybridized carbons (Fsp3) is 0.500. The largest absolute Gasteiger partial charge is 0.467 e. The van der Waals surface area contributed by atoms with Gasteiger partial charge in [-0.15, -0.1) is 0 Å². The first-order chi connectivity index (χ1) is 13.8. The van der Waals surface area contributed by atoms with Crippen LogP contribution in [0.5, 0.6) is 0 Å². The van der Waals surface area contributed by atoms with Crippen LogP contribution in [0.25, 0.3) is 0 Å². The van der Waals surface area contributed by atoms with Gasteiger partial charge in [0.25, 0.3) is 0 Å². The standard InChI is InChI=1S/C20H28N2O7/c1-13(23)21-16(12-14-8-5-4-6-9-14)18(25)22-15(19(26)28-2)10-7-11-17(24)20(27)29-3/h4-6,8-9,15-17,24H,7,10-12H2,1-3H3,(H,21,23)(H,22,25)/t15-,16-,17?/m0/s1. The molecule has 1 unspecified atom stereocenters. The number of carbonyl (C=O) groups is 4. The molecular formula is C20H28N2O7. The molecule has 0 saturated carbocycles. The van der Waals surface area contributed by atoms with E-state index in [1.54, 1.807) is 0 Å². The minimum atomic E-state index is -1.31. The molecule has 0 aromatic heterocycles. The van der Waals surface area contributed by atoms with Gasteiger partial charge in [-0.25, -0.2) is 9.59 Å². The SMILES string of the molecule is COC(=O)C(O)CCC[C@H](NC(=O)[C@H](Cc1ccccc1)NC(C)=O)C(=O)OC. The molecule has 2 amide bonds. The molecule has 29 heavy (non-hydrogen) atoms. The third-order valence-electron chi connectivity index (χ3n) is 4.22. The molecule has 160 valence electrons. The highest BCUT2D eigenvalue weighted by Crippen LogP contribution is 2.09. The fourth-order valence-electron chi connectivity index (χ4n) is 2.74. The number of methoxy groups -OCH3 is 2. The second-order valence-corrected chi connectivity index (χ2v) is 6.50. The number of rotatable bonds is 11. The zero-order chi connectivity index (χ0) is 21.8. The van der Waals surface area contributed by atoms with E-state index in [0.717, 1.165) is 12.7 Å². The maximum atomic E-state index is 12.7. The molecule has 0 bridgehead atoms. The van der Waals surface area contributed by atoms with Gasteiger partial charge in [0.05, 0.1) is 14.2 Å². The average molecular weight is 408 g/mol. The summed E-state index contributed by atoms with van der Waals surface area (Å²) in [6.45, 7) is 1.30. The van der Waals surface area contributed by atoms with Crippen LogP contribution in [0.15, 0.2) is 30.3 Å². The van der Waals surface area contributed by atoms with E-state index < -0.39 is 36.0 Å². The molecule has 0 radical (unpaired) electrons. The van der Waals surface area contributed by atoms with Crippen molar-refractivity contribution in [1.82, 2.24) is 10.6 Å². The van der Waals surface area contributed by atoms with E-state index in [0.29, 0.717) is 0 Å². The lowest BCUT2D eigenvalue weighted by Gasteiger charge is -2.22. The highest BCUT2D eigenvalue weighted by atomic mass is 16.5. The Morgan fingerprint density at radius 1 is 0.931 bits per heavy atom. The molecule has 3 N–H and O–H groups in total. The van der Waals surface area contributed by atoms with Crippen LogP contribution in [0.2, 0.25) is 0 Å². The van der Waals surface area contributed by atoms with Gasteiger partial charge < -0.3 is 25.2 Å². The van der Waals surface area contributed by atoms with Crippen molar-refractivity contribution in [2.24, 2.45) is 0 Å². The van der Waals surface area contributed by atoms with Gasteiger partial charge in [0.2, 0.25) is 11.8 Å². The predicted octanol–water partition coefficient (Wildman–Crippen LogP) is 0.0958. The first-order valence-corrected chi connectivity index (χ1v) is 9.23. The Bertz CT molecular complexity index is 693. The summed E-state index contributed by atoms with van der Waals surface area (Å²) < 4.78 is 9.16. The number of ether oxygens (including phenoxy) is 2. The number of amides is 2. The number of hydrogen-bond acceptors (Lipinski definition) is 7. The molecule has 1 aromatic rings. The number of hydrogen-bond donors (Lipinski definition) is 3. The van der Waals surface area contributed by atoms with Crippen LogP contribution < -0.4 is 10.6 Å². The average Bonchev–Trinajstić information content (AvgIpc) is 2.71. The Hall–Kier alpha value is -2.94. The molecule has 0 aliphatic carbocycles. The minimum absolute atomic E-state index is 0.0647. The maximum Gasteiger partial charge on any atom is 0.334 e. The lowest BCUT2D eigenvalue weighted by atomic mass is 10.0. The monoisotopic (exact) mass is 408 g/mol. The van der Waals surface area contributed by atoms with E-state index in [4.69, 9.17) is 4.74 Å². The molecule has 0 saturated heterocycles. The smallest absolute Gasteiger partial charge is 0.334 e. The second-order valence-electron chi connectivity index (χ2n) is 6.50. The number of esters is 2. The number of nitrogens with one attached hydrogen (secondary N) is 2. The number of aliphatic hydroxyl groups is 1. The Labute approximate surface area is 169 Å². The molecular weight excluding hydrogens is 380 g/mol. The fourth-order valence-corrected chi connectivity index (χ4v) is 2.74. The molecule has 3 atom stereocenters. The summed E-state index contributed by atoms with van der Waals surface area (Å²) in [5.74, 6) is -2.34. The van der Waals surface area contributed by atoms with Gasteiger partial charge in [-0.3, -0.25) is 9.59 Å². The van der Waals surface area contributed by atoms with Crippen LogP contribution in [0, 0.1) is 0 Å². The summed E-state index contributed by atoms with van der Waals surface area (Å²) in [6, 6.07) is 7.28. The first-order valence-electron chi connectivity index (χ1n) is 9.23. The highest BCUT2D eigenvalue weighted by molar-refractivity contribution is 5.90. The maximum absolute atomic E-state index is 12.7. The van der Waals surface area contributed by atoms with Crippen LogP contribution >= 0.6 is 0 Å². The Morgan fingerprint density at radius 2 is 1.55 bits per heavy atom. The van der Waals surface area contributed by atoms with Crippen LogP contribution in [0.1, 0.15) is 31.7 Å². The molecule has 9 nitrogen and oxygen atoms in total. The summed E-state index contributed by atoms with van der Waals surface area (Å²) >= 11 is 0. The molecule has 0 aliphatic rings. The summed E-state index contributed by atoms with van der Waals surface area (Å²) in [6.07, 6.45) is -0.583. The zero-order valence-electron chi connectivity index (χ0n) is 16.8. The van der Waals surface area contributed by atoms with Crippen LogP contribution in [0.3, 0.4) is 0 Å². The van der Waals surface area contributed by atoms with Gasteiger partial charge in [0, 0.05) is 13.3 Å². The highest BCUT2D eigenvalue weighted by Gasteiger charge is 2.27. The van der Waals surface area contributed by atoms with Crippen LogP contribution in [-0.4, -0.2) is 61.3 Å². The topological polar surface area (TPSA) is 131 Å². The third kappa shape index (κ3) is 8.73. The normalized spacial score (nSPS) is 13.5. The summed E-state index contributed by atoms with van der Waals surface area (Å²) in [7, 11) is 2.36. The zero-order valence-corrected chi connectivity index (χ0v) is 16.8. The van der Waals surface area contributed by atoms with Gasteiger partial charge in [-0.1, -0.05) is 30.3 Å². The quantitative estimate of drug-likeness (QED) is 0.443. The molecule has 0 aliphatic heterocycles. The summed E-state index contributed by atoms with van der Waals surface area (Å²) in [4.78, 5) is 47.5. The number of aliphatic hydroxyl groups excluding tert-OH is 1. The Balaban J connectivity index is 2.77. The van der Waals surface area contributed by atoms with E-state index in [1.165, 1.54) is 14.0 Å². The summed E-state index contributed by atoms with van der Waals surface area (Å²) in [5.41, 5.74) is 0.845. The van der Waals surface area contributed by atoms with Crippen molar-refractivity contribution in [1.29, 1.82) is 0 Å². The first kappa shape index (κ1) is 24.1.